The summed E-state index contributed by atoms with van der Waals surface area (Å²) in [6, 6.07) is 5.20. The summed E-state index contributed by atoms with van der Waals surface area (Å²) in [4.78, 5) is 0. The lowest BCUT2D eigenvalue weighted by Gasteiger charge is -2.08. The van der Waals surface area contributed by atoms with E-state index in [1.165, 1.54) is 0 Å². The lowest BCUT2D eigenvalue weighted by atomic mass is 10.2. The molecule has 6 heteroatoms. The van der Waals surface area contributed by atoms with Gasteiger partial charge in [-0.05, 0) is 18.6 Å². The zero-order valence-electron chi connectivity index (χ0n) is 9.01. The Hall–Kier alpha value is -1.59. The average Bonchev–Trinajstić information content (AvgIpc) is 2.70. The molecule has 0 spiro atoms. The monoisotopic (exact) mass is 247 g/mol. The summed E-state index contributed by atoms with van der Waals surface area (Å²) >= 11 is 0. The minimum absolute atomic E-state index is 0.0535. The third-order valence-corrected chi connectivity index (χ3v) is 2.34. The van der Waals surface area contributed by atoms with Gasteiger partial charge in [0.15, 0.2) is 11.5 Å². The van der Waals surface area contributed by atoms with Gasteiger partial charge in [0, 0.05) is 24.7 Å². The van der Waals surface area contributed by atoms with E-state index >= 15 is 0 Å². The molecule has 0 atom stereocenters. The lowest BCUT2D eigenvalue weighted by Crippen LogP contribution is -2.10. The summed E-state index contributed by atoms with van der Waals surface area (Å²) < 4.78 is 46.0. The predicted octanol–water partition coefficient (Wildman–Crippen LogP) is 3.17. The van der Waals surface area contributed by atoms with Crippen LogP contribution in [-0.2, 0) is 0 Å². The molecule has 3 nitrogen and oxygen atoms in total. The minimum Gasteiger partial charge on any atom is -0.454 e. The quantitative estimate of drug-likeness (QED) is 0.829. The van der Waals surface area contributed by atoms with Gasteiger partial charge >= 0.3 is 6.18 Å². The lowest BCUT2D eigenvalue weighted by molar-refractivity contribution is -0.134. The van der Waals surface area contributed by atoms with Crippen molar-refractivity contribution in [2.45, 2.75) is 19.0 Å². The van der Waals surface area contributed by atoms with Gasteiger partial charge in [-0.25, -0.2) is 0 Å². The van der Waals surface area contributed by atoms with E-state index in [9.17, 15) is 13.2 Å². The molecule has 1 N–H and O–H groups in total. The molecule has 0 radical (unpaired) electrons. The molecular formula is C11H12F3NO2. The van der Waals surface area contributed by atoms with Gasteiger partial charge in [0.1, 0.15) is 0 Å². The van der Waals surface area contributed by atoms with Gasteiger partial charge in [-0.2, -0.15) is 13.2 Å². The number of alkyl halides is 3. The Morgan fingerprint density at radius 2 is 1.94 bits per heavy atom. The standard InChI is InChI=1S/C11H12F3NO2/c12-11(13,14)4-1-5-15-8-2-3-9-10(6-8)17-7-16-9/h2-3,6,15H,1,4-5,7H2. The third kappa shape index (κ3) is 3.44. The van der Waals surface area contributed by atoms with Crippen LogP contribution in [0.15, 0.2) is 18.2 Å². The number of anilines is 1. The molecular weight excluding hydrogens is 235 g/mol. The van der Waals surface area contributed by atoms with Crippen molar-refractivity contribution >= 4 is 5.69 Å². The highest BCUT2D eigenvalue weighted by Gasteiger charge is 2.25. The molecule has 0 saturated carbocycles. The fraction of sp³-hybridized carbons (Fsp3) is 0.455. The normalized spacial score (nSPS) is 13.8. The molecule has 94 valence electrons. The zero-order chi connectivity index (χ0) is 12.3. The number of ether oxygens (including phenoxy) is 2. The second-order valence-corrected chi connectivity index (χ2v) is 3.71. The SMILES string of the molecule is FC(F)(F)CCCNc1ccc2c(c1)OCO2. The van der Waals surface area contributed by atoms with Crippen LogP contribution < -0.4 is 14.8 Å². The highest BCUT2D eigenvalue weighted by molar-refractivity contribution is 5.55. The first-order valence-corrected chi connectivity index (χ1v) is 5.25. The molecule has 1 aliphatic rings. The van der Waals surface area contributed by atoms with Gasteiger partial charge in [-0.1, -0.05) is 0 Å². The fourth-order valence-corrected chi connectivity index (χ4v) is 1.53. The highest BCUT2D eigenvalue weighted by Crippen LogP contribution is 2.34. The van der Waals surface area contributed by atoms with Crippen LogP contribution in [0.3, 0.4) is 0 Å². The maximum atomic E-state index is 11.9. The van der Waals surface area contributed by atoms with E-state index in [1.807, 2.05) is 0 Å². The minimum atomic E-state index is -4.09. The van der Waals surface area contributed by atoms with E-state index in [0.29, 0.717) is 11.5 Å². The first-order valence-electron chi connectivity index (χ1n) is 5.25. The smallest absolute Gasteiger partial charge is 0.389 e. The predicted molar refractivity (Wildman–Crippen MR) is 56.3 cm³/mol. The van der Waals surface area contributed by atoms with Crippen LogP contribution in [0.2, 0.25) is 0 Å². The van der Waals surface area contributed by atoms with Crippen molar-refractivity contribution in [2.24, 2.45) is 0 Å². The molecule has 1 aromatic rings. The average molecular weight is 247 g/mol. The van der Waals surface area contributed by atoms with Gasteiger partial charge in [-0.15, -0.1) is 0 Å². The van der Waals surface area contributed by atoms with Crippen molar-refractivity contribution in [2.75, 3.05) is 18.7 Å². The Morgan fingerprint density at radius 3 is 2.71 bits per heavy atom. The summed E-state index contributed by atoms with van der Waals surface area (Å²) in [6.07, 6.45) is -4.81. The maximum absolute atomic E-state index is 11.9. The first kappa shape index (κ1) is 11.9. The van der Waals surface area contributed by atoms with Gasteiger partial charge in [0.25, 0.3) is 0 Å². The molecule has 0 aliphatic carbocycles. The van der Waals surface area contributed by atoms with E-state index in [1.54, 1.807) is 18.2 Å². The Kier molecular flexibility index (Phi) is 3.31. The molecule has 0 bridgehead atoms. The number of nitrogens with one attached hydrogen (secondary N) is 1. The molecule has 1 aliphatic heterocycles. The van der Waals surface area contributed by atoms with Crippen molar-refractivity contribution in [1.82, 2.24) is 0 Å². The number of rotatable bonds is 4. The number of hydrogen-bond acceptors (Lipinski definition) is 3. The van der Waals surface area contributed by atoms with Crippen LogP contribution in [-0.4, -0.2) is 19.5 Å². The van der Waals surface area contributed by atoms with E-state index in [4.69, 9.17) is 9.47 Å². The first-order chi connectivity index (χ1) is 8.04. The topological polar surface area (TPSA) is 30.5 Å². The van der Waals surface area contributed by atoms with Gasteiger partial charge in [0.2, 0.25) is 6.79 Å². The Balaban J connectivity index is 1.80. The van der Waals surface area contributed by atoms with Gasteiger partial charge < -0.3 is 14.8 Å². The maximum Gasteiger partial charge on any atom is 0.389 e. The summed E-state index contributed by atoms with van der Waals surface area (Å²) in [5.74, 6) is 1.27. The van der Waals surface area contributed by atoms with E-state index < -0.39 is 12.6 Å². The fourth-order valence-electron chi connectivity index (χ4n) is 1.53. The molecule has 0 aromatic heterocycles. The second kappa shape index (κ2) is 4.73. The molecule has 0 saturated heterocycles. The molecule has 17 heavy (non-hydrogen) atoms. The Bertz CT molecular complexity index is 393. The number of halogens is 3. The third-order valence-electron chi connectivity index (χ3n) is 2.34. The molecule has 0 amide bonds. The summed E-state index contributed by atoms with van der Waals surface area (Å²) in [7, 11) is 0. The van der Waals surface area contributed by atoms with E-state index in [2.05, 4.69) is 5.32 Å². The van der Waals surface area contributed by atoms with Gasteiger partial charge in [0.05, 0.1) is 0 Å². The summed E-state index contributed by atoms with van der Waals surface area (Å²) in [5, 5.41) is 2.91. The molecule has 1 heterocycles. The van der Waals surface area contributed by atoms with Crippen molar-refractivity contribution < 1.29 is 22.6 Å². The summed E-state index contributed by atoms with van der Waals surface area (Å²) in [5.41, 5.74) is 0.733. The molecule has 0 fully saturated rings. The molecule has 1 aromatic carbocycles. The van der Waals surface area contributed by atoms with Crippen LogP contribution in [0.25, 0.3) is 0 Å². The van der Waals surface area contributed by atoms with Crippen LogP contribution in [0.1, 0.15) is 12.8 Å². The summed E-state index contributed by atoms with van der Waals surface area (Å²) in [6.45, 7) is 0.464. The number of fused-ring (bicyclic) bond motifs is 1. The van der Waals surface area contributed by atoms with Crippen LogP contribution >= 0.6 is 0 Å². The van der Waals surface area contributed by atoms with Crippen molar-refractivity contribution in [1.29, 1.82) is 0 Å². The van der Waals surface area contributed by atoms with Crippen LogP contribution in [0, 0.1) is 0 Å². The molecule has 0 unspecified atom stereocenters. The van der Waals surface area contributed by atoms with Gasteiger partial charge in [-0.3, -0.25) is 0 Å². The van der Waals surface area contributed by atoms with Crippen LogP contribution in [0.4, 0.5) is 18.9 Å². The van der Waals surface area contributed by atoms with Crippen molar-refractivity contribution in [3.05, 3.63) is 18.2 Å². The Labute approximate surface area is 96.5 Å². The Morgan fingerprint density at radius 1 is 1.18 bits per heavy atom. The van der Waals surface area contributed by atoms with Crippen molar-refractivity contribution in [3.63, 3.8) is 0 Å². The molecule has 2 rings (SSSR count). The van der Waals surface area contributed by atoms with Crippen LogP contribution in [0.5, 0.6) is 11.5 Å². The largest absolute Gasteiger partial charge is 0.454 e. The second-order valence-electron chi connectivity index (χ2n) is 3.71. The van der Waals surface area contributed by atoms with Crippen molar-refractivity contribution in [3.8, 4) is 11.5 Å². The highest BCUT2D eigenvalue weighted by atomic mass is 19.4. The zero-order valence-corrected chi connectivity index (χ0v) is 9.01. The van der Waals surface area contributed by atoms with E-state index in [-0.39, 0.29) is 19.8 Å². The number of benzene rings is 1. The van der Waals surface area contributed by atoms with E-state index in [0.717, 1.165) is 5.69 Å². The number of hydrogen-bond donors (Lipinski definition) is 1.